The van der Waals surface area contributed by atoms with Gasteiger partial charge in [-0.3, -0.25) is 0 Å². The number of nitrogens with zero attached hydrogens (tertiary/aromatic N) is 2. The van der Waals surface area contributed by atoms with Crippen LogP contribution in [0.1, 0.15) is 35.6 Å². The Morgan fingerprint density at radius 1 is 1.33 bits per heavy atom. The molecule has 0 aliphatic heterocycles. The van der Waals surface area contributed by atoms with E-state index in [1.807, 2.05) is 4.68 Å². The summed E-state index contributed by atoms with van der Waals surface area (Å²) >= 11 is 0. The van der Waals surface area contributed by atoms with Crippen molar-refractivity contribution in [2.75, 3.05) is 20.3 Å². The van der Waals surface area contributed by atoms with Crippen LogP contribution in [-0.2, 0) is 11.3 Å². The molecule has 1 aromatic heterocycles. The first-order valence-corrected chi connectivity index (χ1v) is 7.63. The minimum atomic E-state index is 0.705. The highest BCUT2D eigenvalue weighted by Gasteiger charge is 2.25. The van der Waals surface area contributed by atoms with E-state index in [1.165, 1.54) is 29.7 Å². The van der Waals surface area contributed by atoms with Crippen molar-refractivity contribution in [2.24, 2.45) is 0 Å². The fourth-order valence-corrected chi connectivity index (χ4v) is 2.50. The Morgan fingerprint density at radius 2 is 2.19 bits per heavy atom. The van der Waals surface area contributed by atoms with Crippen molar-refractivity contribution in [3.8, 4) is 5.69 Å². The summed E-state index contributed by atoms with van der Waals surface area (Å²) in [5.74, 6) is 0.705. The van der Waals surface area contributed by atoms with Gasteiger partial charge in [0, 0.05) is 32.3 Å². The van der Waals surface area contributed by atoms with Crippen molar-refractivity contribution in [1.29, 1.82) is 0 Å². The highest BCUT2D eigenvalue weighted by atomic mass is 16.5. The summed E-state index contributed by atoms with van der Waals surface area (Å²) in [5.41, 5.74) is 4.99. The van der Waals surface area contributed by atoms with Gasteiger partial charge in [-0.15, -0.1) is 0 Å². The van der Waals surface area contributed by atoms with Gasteiger partial charge in [-0.25, -0.2) is 4.68 Å². The topological polar surface area (TPSA) is 39.1 Å². The summed E-state index contributed by atoms with van der Waals surface area (Å²) in [7, 11) is 1.72. The van der Waals surface area contributed by atoms with Crippen molar-refractivity contribution in [2.45, 2.75) is 32.2 Å². The third-order valence-electron chi connectivity index (χ3n) is 3.99. The van der Waals surface area contributed by atoms with E-state index in [9.17, 15) is 0 Å². The first-order chi connectivity index (χ1) is 10.3. The van der Waals surface area contributed by atoms with Crippen LogP contribution in [0.2, 0.25) is 0 Å². The molecule has 3 rings (SSSR count). The van der Waals surface area contributed by atoms with Gasteiger partial charge in [-0.05, 0) is 49.1 Å². The standard InChI is InChI=1S/C17H23N3O/c1-13-11-16(6-5-15(13)12-18-8-10-21-2)20-9-7-17(19-20)14-3-4-14/h5-7,9,11,14,18H,3-4,8,10,12H2,1-2H3. The molecule has 4 heteroatoms. The molecule has 21 heavy (non-hydrogen) atoms. The average Bonchev–Trinajstić information content (AvgIpc) is 3.22. The molecule has 112 valence electrons. The number of nitrogens with one attached hydrogen (secondary N) is 1. The molecule has 1 saturated carbocycles. The number of benzene rings is 1. The molecule has 0 atom stereocenters. The zero-order valence-electron chi connectivity index (χ0n) is 12.8. The number of methoxy groups -OCH3 is 1. The molecule has 0 unspecified atom stereocenters. The summed E-state index contributed by atoms with van der Waals surface area (Å²) in [5, 5.41) is 8.07. The number of rotatable bonds is 7. The Kier molecular flexibility index (Phi) is 4.36. The largest absolute Gasteiger partial charge is 0.383 e. The lowest BCUT2D eigenvalue weighted by Gasteiger charge is -2.10. The first-order valence-electron chi connectivity index (χ1n) is 7.63. The van der Waals surface area contributed by atoms with Crippen molar-refractivity contribution in [1.82, 2.24) is 15.1 Å². The molecule has 1 aromatic carbocycles. The minimum Gasteiger partial charge on any atom is -0.383 e. The monoisotopic (exact) mass is 285 g/mol. The Morgan fingerprint density at radius 3 is 2.90 bits per heavy atom. The summed E-state index contributed by atoms with van der Waals surface area (Å²) in [6, 6.07) is 8.68. The van der Waals surface area contributed by atoms with Crippen molar-refractivity contribution < 1.29 is 4.74 Å². The van der Waals surface area contributed by atoms with E-state index in [2.05, 4.69) is 47.8 Å². The third-order valence-corrected chi connectivity index (χ3v) is 3.99. The fraction of sp³-hybridized carbons (Fsp3) is 0.471. The highest BCUT2D eigenvalue weighted by molar-refractivity contribution is 5.40. The second-order valence-corrected chi connectivity index (χ2v) is 5.74. The Bertz CT molecular complexity index is 602. The Labute approximate surface area is 126 Å². The maximum Gasteiger partial charge on any atom is 0.0659 e. The molecule has 4 nitrogen and oxygen atoms in total. The number of aryl methyl sites for hydroxylation is 1. The van der Waals surface area contributed by atoms with Gasteiger partial charge in [0.2, 0.25) is 0 Å². The average molecular weight is 285 g/mol. The molecule has 0 bridgehead atoms. The van der Waals surface area contributed by atoms with Gasteiger partial charge < -0.3 is 10.1 Å². The van der Waals surface area contributed by atoms with Gasteiger partial charge in [0.15, 0.2) is 0 Å². The first kappa shape index (κ1) is 14.3. The lowest BCUT2D eigenvalue weighted by atomic mass is 10.1. The molecule has 0 saturated heterocycles. The molecular weight excluding hydrogens is 262 g/mol. The molecule has 1 fully saturated rings. The predicted octanol–water partition coefficient (Wildman–Crippen LogP) is 2.79. The van der Waals surface area contributed by atoms with Gasteiger partial charge in [-0.2, -0.15) is 5.10 Å². The molecule has 1 N–H and O–H groups in total. The molecule has 1 aliphatic rings. The smallest absolute Gasteiger partial charge is 0.0659 e. The van der Waals surface area contributed by atoms with E-state index in [1.54, 1.807) is 7.11 Å². The van der Waals surface area contributed by atoms with Crippen molar-refractivity contribution in [3.63, 3.8) is 0 Å². The van der Waals surface area contributed by atoms with E-state index < -0.39 is 0 Å². The predicted molar refractivity (Wildman–Crippen MR) is 83.9 cm³/mol. The molecule has 0 spiro atoms. The summed E-state index contributed by atoms with van der Waals surface area (Å²) in [4.78, 5) is 0. The SMILES string of the molecule is COCCNCc1ccc(-n2ccc(C3CC3)n2)cc1C. The third kappa shape index (κ3) is 3.52. The maximum absolute atomic E-state index is 5.04. The molecular formula is C17H23N3O. The normalized spacial score (nSPS) is 14.6. The van der Waals surface area contributed by atoms with Crippen LogP contribution in [0.15, 0.2) is 30.5 Å². The van der Waals surface area contributed by atoms with Crippen LogP contribution >= 0.6 is 0 Å². The van der Waals surface area contributed by atoms with Gasteiger partial charge in [0.05, 0.1) is 18.0 Å². The quantitative estimate of drug-likeness (QED) is 0.795. The number of aromatic nitrogens is 2. The van der Waals surface area contributed by atoms with E-state index in [4.69, 9.17) is 4.74 Å². The maximum atomic E-state index is 5.04. The van der Waals surface area contributed by atoms with Crippen LogP contribution in [0.4, 0.5) is 0 Å². The van der Waals surface area contributed by atoms with Crippen LogP contribution in [0.25, 0.3) is 5.69 Å². The molecule has 2 aromatic rings. The van der Waals surface area contributed by atoms with E-state index in [-0.39, 0.29) is 0 Å². The van der Waals surface area contributed by atoms with Crippen LogP contribution < -0.4 is 5.32 Å². The second kappa shape index (κ2) is 6.41. The fourth-order valence-electron chi connectivity index (χ4n) is 2.50. The van der Waals surface area contributed by atoms with E-state index in [0.717, 1.165) is 25.4 Å². The Balaban J connectivity index is 1.67. The van der Waals surface area contributed by atoms with Crippen LogP contribution in [0.3, 0.4) is 0 Å². The number of hydrogen-bond donors (Lipinski definition) is 1. The summed E-state index contributed by atoms with van der Waals surface area (Å²) in [6.45, 7) is 4.65. The van der Waals surface area contributed by atoms with Crippen LogP contribution in [-0.4, -0.2) is 30.0 Å². The molecule has 1 heterocycles. The zero-order chi connectivity index (χ0) is 14.7. The van der Waals surface area contributed by atoms with Crippen molar-refractivity contribution in [3.05, 3.63) is 47.3 Å². The molecule has 0 radical (unpaired) electrons. The van der Waals surface area contributed by atoms with Gasteiger partial charge in [-0.1, -0.05) is 6.07 Å². The lowest BCUT2D eigenvalue weighted by molar-refractivity contribution is 0.199. The summed E-state index contributed by atoms with van der Waals surface area (Å²) in [6.07, 6.45) is 4.66. The van der Waals surface area contributed by atoms with Crippen molar-refractivity contribution >= 4 is 0 Å². The Hall–Kier alpha value is -1.65. The van der Waals surface area contributed by atoms with E-state index in [0.29, 0.717) is 5.92 Å². The molecule has 1 aliphatic carbocycles. The highest BCUT2D eigenvalue weighted by Crippen LogP contribution is 2.39. The zero-order valence-corrected chi connectivity index (χ0v) is 12.8. The van der Waals surface area contributed by atoms with Gasteiger partial charge in [0.25, 0.3) is 0 Å². The lowest BCUT2D eigenvalue weighted by Crippen LogP contribution is -2.19. The number of hydrogen-bond acceptors (Lipinski definition) is 3. The van der Waals surface area contributed by atoms with Gasteiger partial charge >= 0.3 is 0 Å². The summed E-state index contributed by atoms with van der Waals surface area (Å²) < 4.78 is 7.03. The minimum absolute atomic E-state index is 0.705. The molecule has 0 amide bonds. The van der Waals surface area contributed by atoms with Crippen LogP contribution in [0.5, 0.6) is 0 Å². The number of ether oxygens (including phenoxy) is 1. The van der Waals surface area contributed by atoms with E-state index >= 15 is 0 Å². The second-order valence-electron chi connectivity index (χ2n) is 5.74. The van der Waals surface area contributed by atoms with Crippen LogP contribution in [0, 0.1) is 6.92 Å². The van der Waals surface area contributed by atoms with Gasteiger partial charge in [0.1, 0.15) is 0 Å².